The molecule has 0 radical (unpaired) electrons. The number of rotatable bonds is 22. The second kappa shape index (κ2) is 20.2. The summed E-state index contributed by atoms with van der Waals surface area (Å²) in [4.78, 5) is 16.0. The maximum absolute atomic E-state index is 11.2. The summed E-state index contributed by atoms with van der Waals surface area (Å²) in [5.74, 6) is 1.43. The molecule has 0 aliphatic carbocycles. The van der Waals surface area contributed by atoms with Gasteiger partial charge in [0.15, 0.2) is 5.84 Å². The smallest absolute Gasteiger partial charge is 0.217 e. The van der Waals surface area contributed by atoms with Gasteiger partial charge in [0.25, 0.3) is 0 Å². The van der Waals surface area contributed by atoms with Crippen LogP contribution in [0.3, 0.4) is 0 Å². The first-order valence-electron chi connectivity index (χ1n) is 14.4. The first-order chi connectivity index (χ1) is 16.1. The molecular formula is C29H56N3O+. The van der Waals surface area contributed by atoms with Crippen LogP contribution in [0.25, 0.3) is 0 Å². The largest absolute Gasteiger partial charge is 0.351 e. The van der Waals surface area contributed by atoms with Crippen molar-refractivity contribution in [3.8, 4) is 0 Å². The van der Waals surface area contributed by atoms with Crippen LogP contribution in [0.15, 0.2) is 17.1 Å². The summed E-state index contributed by atoms with van der Waals surface area (Å²) in [5, 5.41) is 2.96. The Morgan fingerprint density at radius 3 is 1.94 bits per heavy atom. The number of carbonyl (C=O) groups is 1. The predicted octanol–water partition coefficient (Wildman–Crippen LogP) is 7.58. The number of nitrogens with zero attached hydrogens (tertiary/aromatic N) is 2. The maximum atomic E-state index is 11.2. The van der Waals surface area contributed by atoms with E-state index in [0.29, 0.717) is 0 Å². The molecule has 0 aromatic heterocycles. The number of unbranched alkanes of at least 4 members (excludes halogenated alkanes) is 14. The molecule has 33 heavy (non-hydrogen) atoms. The zero-order valence-corrected chi connectivity index (χ0v) is 22.5. The van der Waals surface area contributed by atoms with Gasteiger partial charge in [-0.25, -0.2) is 4.99 Å². The van der Waals surface area contributed by atoms with Crippen LogP contribution in [0.4, 0.5) is 0 Å². The van der Waals surface area contributed by atoms with Crippen molar-refractivity contribution in [3.05, 3.63) is 12.2 Å². The molecule has 0 saturated heterocycles. The van der Waals surface area contributed by atoms with E-state index in [2.05, 4.69) is 31.3 Å². The highest BCUT2D eigenvalue weighted by atomic mass is 16.1. The molecule has 192 valence electrons. The number of hydrogen-bond donors (Lipinski definition) is 1. The molecule has 0 aromatic carbocycles. The van der Waals surface area contributed by atoms with Gasteiger partial charge in [-0.05, 0) is 39.0 Å². The van der Waals surface area contributed by atoms with Crippen molar-refractivity contribution in [2.24, 2.45) is 4.99 Å². The lowest BCUT2D eigenvalue weighted by Crippen LogP contribution is -2.54. The predicted molar refractivity (Wildman–Crippen MR) is 145 cm³/mol. The molecule has 1 amide bonds. The van der Waals surface area contributed by atoms with Gasteiger partial charge in [-0.2, -0.15) is 0 Å². The number of nitrogens with one attached hydrogen (secondary N) is 1. The Labute approximate surface area is 206 Å². The number of amidine groups is 1. The number of likely N-dealkylation sites (N-methyl/N-ethyl adjacent to an activating group) is 1. The molecular weight excluding hydrogens is 406 g/mol. The fourth-order valence-corrected chi connectivity index (χ4v) is 5.04. The minimum atomic E-state index is 0.0669. The molecule has 4 nitrogen and oxygen atoms in total. The van der Waals surface area contributed by atoms with Gasteiger partial charge in [-0.15, -0.1) is 0 Å². The summed E-state index contributed by atoms with van der Waals surface area (Å²) < 4.78 is 0.981. The number of carbonyl (C=O) groups excluding carboxylic acids is 1. The second-order valence-electron chi connectivity index (χ2n) is 10.1. The Bertz CT molecular complexity index is 543. The average Bonchev–Trinajstić information content (AvgIpc) is 3.21. The summed E-state index contributed by atoms with van der Waals surface area (Å²) >= 11 is 0. The van der Waals surface area contributed by atoms with E-state index in [9.17, 15) is 4.79 Å². The molecule has 1 rings (SSSR count). The van der Waals surface area contributed by atoms with Gasteiger partial charge in [0.1, 0.15) is 13.1 Å². The monoisotopic (exact) mass is 462 g/mol. The zero-order chi connectivity index (χ0) is 24.0. The highest BCUT2D eigenvalue weighted by molar-refractivity contribution is 5.77. The van der Waals surface area contributed by atoms with E-state index in [4.69, 9.17) is 4.99 Å². The molecule has 0 fully saturated rings. The number of amides is 1. The van der Waals surface area contributed by atoms with E-state index >= 15 is 0 Å². The molecule has 1 unspecified atom stereocenters. The van der Waals surface area contributed by atoms with Gasteiger partial charge in [-0.1, -0.05) is 89.7 Å². The minimum absolute atomic E-state index is 0.0669. The summed E-state index contributed by atoms with van der Waals surface area (Å²) in [6.45, 7) is 11.0. The standard InChI is InChI=1S/C29H55N3O/c1-4-6-7-8-9-10-11-12-13-14-15-16-17-18-19-20-21-22-23-29-31-25-27-32(29,5-2)26-24-30-28(3)33/h18-19H,4-17,20-27H2,1-3H3/p+1/b19-18+. The number of hydrogen-bond acceptors (Lipinski definition) is 2. The Hall–Kier alpha value is -1.16. The first kappa shape index (κ1) is 29.9. The average molecular weight is 463 g/mol. The fourth-order valence-electron chi connectivity index (χ4n) is 5.04. The fraction of sp³-hybridized carbons (Fsp3) is 0.862. The van der Waals surface area contributed by atoms with Crippen molar-refractivity contribution in [1.29, 1.82) is 0 Å². The molecule has 0 spiro atoms. The molecule has 0 aromatic rings. The number of quaternary nitrogens is 1. The Morgan fingerprint density at radius 1 is 0.848 bits per heavy atom. The van der Waals surface area contributed by atoms with Crippen molar-refractivity contribution in [1.82, 2.24) is 5.32 Å². The van der Waals surface area contributed by atoms with E-state index in [1.807, 2.05) is 0 Å². The van der Waals surface area contributed by atoms with Crippen LogP contribution in [-0.4, -0.2) is 48.9 Å². The first-order valence-corrected chi connectivity index (χ1v) is 14.4. The normalized spacial score (nSPS) is 18.2. The van der Waals surface area contributed by atoms with Crippen molar-refractivity contribution >= 4 is 11.7 Å². The van der Waals surface area contributed by atoms with Crippen molar-refractivity contribution in [3.63, 3.8) is 0 Å². The summed E-state index contributed by atoms with van der Waals surface area (Å²) in [6, 6.07) is 0. The number of allylic oxidation sites excluding steroid dienone is 2. The van der Waals surface area contributed by atoms with Crippen LogP contribution in [0.1, 0.15) is 130 Å². The topological polar surface area (TPSA) is 41.5 Å². The molecule has 1 N–H and O–H groups in total. The molecule has 1 aliphatic heterocycles. The Balaban J connectivity index is 1.96. The van der Waals surface area contributed by atoms with Crippen molar-refractivity contribution in [2.45, 2.75) is 130 Å². The van der Waals surface area contributed by atoms with Crippen LogP contribution in [0.2, 0.25) is 0 Å². The Morgan fingerprint density at radius 2 is 1.39 bits per heavy atom. The third-order valence-electron chi connectivity index (χ3n) is 7.30. The zero-order valence-electron chi connectivity index (χ0n) is 22.5. The quantitative estimate of drug-likeness (QED) is 0.101. The van der Waals surface area contributed by atoms with Gasteiger partial charge < -0.3 is 5.32 Å². The van der Waals surface area contributed by atoms with E-state index in [1.54, 1.807) is 6.92 Å². The number of aliphatic imine (C=N–C) groups is 1. The van der Waals surface area contributed by atoms with Gasteiger partial charge in [-0.3, -0.25) is 9.28 Å². The molecule has 0 saturated carbocycles. The van der Waals surface area contributed by atoms with E-state index in [1.165, 1.54) is 109 Å². The van der Waals surface area contributed by atoms with Crippen molar-refractivity contribution < 1.29 is 9.28 Å². The lowest BCUT2D eigenvalue weighted by molar-refractivity contribution is -0.833. The molecule has 1 aliphatic rings. The summed E-state index contributed by atoms with van der Waals surface area (Å²) in [6.07, 6.45) is 27.9. The lowest BCUT2D eigenvalue weighted by Gasteiger charge is -2.33. The molecule has 1 atom stereocenters. The van der Waals surface area contributed by atoms with Crippen LogP contribution in [0.5, 0.6) is 0 Å². The van der Waals surface area contributed by atoms with Crippen LogP contribution in [-0.2, 0) is 4.79 Å². The van der Waals surface area contributed by atoms with E-state index < -0.39 is 0 Å². The molecule has 1 heterocycles. The van der Waals surface area contributed by atoms with E-state index in [0.717, 1.165) is 43.6 Å². The third-order valence-corrected chi connectivity index (χ3v) is 7.30. The maximum Gasteiger partial charge on any atom is 0.217 e. The Kier molecular flexibility index (Phi) is 18.3. The van der Waals surface area contributed by atoms with Crippen LogP contribution < -0.4 is 5.32 Å². The van der Waals surface area contributed by atoms with Gasteiger partial charge >= 0.3 is 0 Å². The van der Waals surface area contributed by atoms with E-state index in [-0.39, 0.29) is 5.91 Å². The van der Waals surface area contributed by atoms with Gasteiger partial charge in [0.05, 0.1) is 19.6 Å². The molecule has 0 bridgehead atoms. The molecule has 4 heteroatoms. The summed E-state index contributed by atoms with van der Waals surface area (Å²) in [7, 11) is 0. The summed E-state index contributed by atoms with van der Waals surface area (Å²) in [5.41, 5.74) is 0. The highest BCUT2D eigenvalue weighted by Gasteiger charge is 2.35. The van der Waals surface area contributed by atoms with Gasteiger partial charge in [0, 0.05) is 13.3 Å². The van der Waals surface area contributed by atoms with Gasteiger partial charge in [0.2, 0.25) is 5.91 Å². The lowest BCUT2D eigenvalue weighted by atomic mass is 10.0. The SMILES string of the molecule is CCCCCCCCCCCCCC/C=C/CCCCC1=NCC[N+]1(CC)CCNC(C)=O. The van der Waals surface area contributed by atoms with Crippen molar-refractivity contribution in [2.75, 3.05) is 32.7 Å². The third kappa shape index (κ3) is 14.7. The van der Waals surface area contributed by atoms with Crippen LogP contribution >= 0.6 is 0 Å². The highest BCUT2D eigenvalue weighted by Crippen LogP contribution is 2.19. The van der Waals surface area contributed by atoms with Crippen LogP contribution in [0, 0.1) is 0 Å². The second-order valence-corrected chi connectivity index (χ2v) is 10.1. The minimum Gasteiger partial charge on any atom is -0.351 e.